The number of nitrogens with zero attached hydrogens (tertiary/aromatic N) is 5. The van der Waals surface area contributed by atoms with Crippen molar-refractivity contribution in [2.24, 2.45) is 15.8 Å². The van der Waals surface area contributed by atoms with Crippen LogP contribution in [0, 0.1) is 29.1 Å². The summed E-state index contributed by atoms with van der Waals surface area (Å²) >= 11 is 1.03. The Labute approximate surface area is 410 Å². The number of nitriles is 1. The van der Waals surface area contributed by atoms with Crippen LogP contribution in [0.15, 0.2) is 28.6 Å². The first-order valence-corrected chi connectivity index (χ1v) is 25.8. The minimum Gasteiger partial charge on any atom is -0.477 e. The molecule has 5 heterocycles. The van der Waals surface area contributed by atoms with Crippen molar-refractivity contribution < 1.29 is 32.9 Å². The Bertz CT molecular complexity index is 2460. The molecule has 0 radical (unpaired) electrons. The van der Waals surface area contributed by atoms with Crippen LogP contribution in [-0.2, 0) is 32.2 Å². The van der Waals surface area contributed by atoms with Crippen LogP contribution in [0.1, 0.15) is 165 Å². The van der Waals surface area contributed by atoms with Crippen LogP contribution in [0.25, 0.3) is 11.4 Å². The number of rotatable bonds is 13. The number of carbonyl (C=O) groups excluding carboxylic acids is 2. The molecule has 4 fully saturated rings. The lowest BCUT2D eigenvalue weighted by Crippen LogP contribution is -2.58. The van der Waals surface area contributed by atoms with Gasteiger partial charge in [0, 0.05) is 61.3 Å². The average molecular weight is 973 g/mol. The Morgan fingerprint density at radius 2 is 1.63 bits per heavy atom. The number of carbonyl (C=O) groups is 2. The number of fused-ring (bicyclic) bond motifs is 3. The zero-order valence-electron chi connectivity index (χ0n) is 42.8. The van der Waals surface area contributed by atoms with Gasteiger partial charge in [-0.1, -0.05) is 39.3 Å². The molecule has 7 rings (SSSR count). The molecule has 3 unspecified atom stereocenters. The fourth-order valence-electron chi connectivity index (χ4n) is 10.3. The third-order valence-corrected chi connectivity index (χ3v) is 15.4. The van der Waals surface area contributed by atoms with Crippen LogP contribution < -0.4 is 10.6 Å². The van der Waals surface area contributed by atoms with E-state index in [1.165, 1.54) is 6.08 Å². The number of thiophene rings is 1. The topological polar surface area (TPSA) is 129 Å². The number of amides is 2. The second kappa shape index (κ2) is 19.8. The minimum absolute atomic E-state index is 0.0264. The van der Waals surface area contributed by atoms with Crippen molar-refractivity contribution in [2.45, 2.75) is 165 Å². The van der Waals surface area contributed by atoms with Crippen LogP contribution in [-0.4, -0.2) is 95.3 Å². The SMILES string of the molecule is C/C=C(/F)c1sc(NC(=O)OC(C)(C)C)c(C#N)c1/C(=C(\C)CC)c1c(P)c(C)c(/C(=N\C(=C\CC)OCC2(CN3CC(C)(C)C3)CC2)N2C3CCC2CN(C(=O)OC(C)(C)C)C3)c2c1COC2. The number of hydrogen-bond donors (Lipinski definition) is 1. The summed E-state index contributed by atoms with van der Waals surface area (Å²) in [5.41, 5.74) is 5.98. The Morgan fingerprint density at radius 1 is 1.01 bits per heavy atom. The smallest absolute Gasteiger partial charge is 0.412 e. The lowest BCUT2D eigenvalue weighted by molar-refractivity contribution is 0.00131. The summed E-state index contributed by atoms with van der Waals surface area (Å²) in [5, 5.41) is 14.8. The van der Waals surface area contributed by atoms with Gasteiger partial charge in [0.1, 0.15) is 33.9 Å². The van der Waals surface area contributed by atoms with Crippen molar-refractivity contribution in [1.82, 2.24) is 14.7 Å². The lowest BCUT2D eigenvalue weighted by atomic mass is 9.83. The highest BCUT2D eigenvalue weighted by Gasteiger charge is 2.49. The number of benzene rings is 1. The van der Waals surface area contributed by atoms with Crippen molar-refractivity contribution in [3.05, 3.63) is 67.4 Å². The van der Waals surface area contributed by atoms with Crippen LogP contribution in [0.5, 0.6) is 0 Å². The zero-order chi connectivity index (χ0) is 49.7. The molecule has 5 aliphatic rings. The normalized spacial score (nSPS) is 21.8. The van der Waals surface area contributed by atoms with Crippen molar-refractivity contribution >= 4 is 60.3 Å². The number of piperazine rings is 1. The summed E-state index contributed by atoms with van der Waals surface area (Å²) in [7, 11) is 3.00. The van der Waals surface area contributed by atoms with Crippen LogP contribution in [0.2, 0.25) is 0 Å². The van der Waals surface area contributed by atoms with Gasteiger partial charge in [0.05, 0.1) is 30.3 Å². The second-order valence-electron chi connectivity index (χ2n) is 22.3. The van der Waals surface area contributed by atoms with E-state index in [0.717, 1.165) is 113 Å². The fraction of sp³-hybridized carbons (Fsp3) is 0.623. The summed E-state index contributed by atoms with van der Waals surface area (Å²) in [5.74, 6) is 0.878. The molecule has 1 saturated carbocycles. The molecule has 1 aliphatic carbocycles. The van der Waals surface area contributed by atoms with Gasteiger partial charge < -0.3 is 33.6 Å². The number of allylic oxidation sites excluding steroid dienone is 3. The quantitative estimate of drug-likeness (QED) is 0.0903. The predicted octanol–water partition coefficient (Wildman–Crippen LogP) is 11.6. The van der Waals surface area contributed by atoms with Gasteiger partial charge >= 0.3 is 12.2 Å². The first-order valence-electron chi connectivity index (χ1n) is 24.4. The number of halogens is 1. The van der Waals surface area contributed by atoms with Crippen molar-refractivity contribution in [3.8, 4) is 6.07 Å². The molecule has 0 spiro atoms. The van der Waals surface area contributed by atoms with E-state index in [1.807, 2.05) is 32.6 Å². The van der Waals surface area contributed by atoms with E-state index in [0.29, 0.717) is 49.6 Å². The average Bonchev–Trinajstić information content (AvgIpc) is 3.53. The molecule has 1 aromatic heterocycles. The van der Waals surface area contributed by atoms with Gasteiger partial charge in [-0.25, -0.2) is 14.0 Å². The first-order chi connectivity index (χ1) is 31.9. The monoisotopic (exact) mass is 973 g/mol. The molecule has 12 nitrogen and oxygen atoms in total. The van der Waals surface area contributed by atoms with E-state index in [4.69, 9.17) is 23.9 Å². The Morgan fingerprint density at radius 3 is 2.16 bits per heavy atom. The minimum atomic E-state index is -0.788. The van der Waals surface area contributed by atoms with E-state index in [2.05, 4.69) is 71.1 Å². The van der Waals surface area contributed by atoms with Gasteiger partial charge in [0.15, 0.2) is 0 Å². The molecule has 2 bridgehead atoms. The first kappa shape index (κ1) is 51.6. The van der Waals surface area contributed by atoms with Gasteiger partial charge in [-0.2, -0.15) is 10.3 Å². The fourth-order valence-corrected chi connectivity index (χ4v) is 11.9. The third-order valence-electron chi connectivity index (χ3n) is 13.6. The van der Waals surface area contributed by atoms with Crippen molar-refractivity contribution in [2.75, 3.05) is 44.6 Å². The number of nitrogens with one attached hydrogen (secondary N) is 1. The summed E-state index contributed by atoms with van der Waals surface area (Å²) in [6, 6.07) is 2.29. The zero-order valence-corrected chi connectivity index (χ0v) is 44.7. The molecule has 2 aromatic rings. The second-order valence-corrected chi connectivity index (χ2v) is 23.9. The van der Waals surface area contributed by atoms with Gasteiger partial charge in [-0.05, 0) is 145 Å². The highest BCUT2D eigenvalue weighted by molar-refractivity contribution is 7.28. The van der Waals surface area contributed by atoms with Crippen LogP contribution in [0.3, 0.4) is 0 Å². The molecule has 68 heavy (non-hydrogen) atoms. The van der Waals surface area contributed by atoms with Gasteiger partial charge in [-0.3, -0.25) is 5.32 Å². The molecule has 370 valence electrons. The van der Waals surface area contributed by atoms with Gasteiger partial charge in [0.25, 0.3) is 0 Å². The highest BCUT2D eigenvalue weighted by Crippen LogP contribution is 2.50. The number of ether oxygens (including phenoxy) is 4. The van der Waals surface area contributed by atoms with Crippen LogP contribution in [0.4, 0.5) is 19.0 Å². The molecular formula is C53H74FN6O6PS. The van der Waals surface area contributed by atoms with Crippen LogP contribution >= 0.6 is 20.6 Å². The Balaban J connectivity index is 1.38. The number of amidine groups is 1. The molecular weight excluding hydrogens is 899 g/mol. The highest BCUT2D eigenvalue weighted by atomic mass is 32.1. The van der Waals surface area contributed by atoms with Gasteiger partial charge in [-0.15, -0.1) is 20.6 Å². The standard InChI is InChI=1S/C53H74FN6O6PS/c1-14-17-39(64-30-53(20-21-53)29-58-27-52(12,13)28-58)56-46(60-33-18-19-34(60)24-59(23-33)49(62)66-51(9,10)11)41-32(5)44(67)42(37-26-63-25-36(37)41)40(31(4)15-2)43-35(22-55)47(68-45(43)38(54)16-3)57-48(61)65-50(6,7)8/h16-17,33-34H,14-15,18-21,23-30,67H2,1-13H3,(H,57,61)/b38-16+,39-17-,40-31+,56-46+. The molecule has 3 saturated heterocycles. The molecule has 3 atom stereocenters. The van der Waals surface area contributed by atoms with Crippen molar-refractivity contribution in [1.29, 1.82) is 5.26 Å². The number of likely N-dealkylation sites (tertiary alicyclic amines) is 2. The summed E-state index contributed by atoms with van der Waals surface area (Å²) < 4.78 is 41.1. The van der Waals surface area contributed by atoms with E-state index in [9.17, 15) is 14.9 Å². The van der Waals surface area contributed by atoms with Crippen molar-refractivity contribution in [3.63, 3.8) is 0 Å². The third kappa shape index (κ3) is 11.0. The molecule has 15 heteroatoms. The Kier molecular flexibility index (Phi) is 15.1. The maximum atomic E-state index is 16.3. The largest absolute Gasteiger partial charge is 0.477 e. The summed E-state index contributed by atoms with van der Waals surface area (Å²) in [4.78, 5) is 39.4. The molecule has 2 amide bonds. The number of hydrogen-bond acceptors (Lipinski definition) is 10. The van der Waals surface area contributed by atoms with E-state index >= 15 is 4.39 Å². The lowest BCUT2D eigenvalue weighted by Gasteiger charge is -2.47. The molecule has 4 aliphatic heterocycles. The maximum Gasteiger partial charge on any atom is 0.412 e. The summed E-state index contributed by atoms with van der Waals surface area (Å²) in [6.45, 7) is 30.9. The number of anilines is 1. The number of aliphatic imine (C=N–C) groups is 1. The Hall–Kier alpha value is -4.28. The van der Waals surface area contributed by atoms with E-state index in [-0.39, 0.29) is 45.6 Å². The van der Waals surface area contributed by atoms with E-state index < -0.39 is 23.1 Å². The predicted molar refractivity (Wildman–Crippen MR) is 274 cm³/mol. The molecule has 1 aromatic carbocycles. The van der Waals surface area contributed by atoms with Gasteiger partial charge in [0.2, 0.25) is 5.88 Å². The maximum absolute atomic E-state index is 16.3. The van der Waals surface area contributed by atoms with E-state index in [1.54, 1.807) is 27.7 Å². The molecule has 1 N–H and O–H groups in total. The summed E-state index contributed by atoms with van der Waals surface area (Å²) in [6.07, 6.45) is 7.79.